The van der Waals surface area contributed by atoms with Gasteiger partial charge in [-0.05, 0) is 82.2 Å². The molecule has 3 aromatic carbocycles. The Bertz CT molecular complexity index is 1650. The molecule has 2 amide bonds. The highest BCUT2D eigenvalue weighted by Crippen LogP contribution is 2.44. The van der Waals surface area contributed by atoms with Crippen molar-refractivity contribution in [2.75, 3.05) is 6.61 Å². The van der Waals surface area contributed by atoms with Crippen LogP contribution < -0.4 is 10.6 Å². The maximum absolute atomic E-state index is 13.8. The second-order valence-electron chi connectivity index (χ2n) is 14.4. The van der Waals surface area contributed by atoms with Crippen LogP contribution >= 0.6 is 0 Å². The van der Waals surface area contributed by atoms with Crippen molar-refractivity contribution in [1.82, 2.24) is 10.6 Å². The summed E-state index contributed by atoms with van der Waals surface area (Å²) in [6.07, 6.45) is -1.55. The summed E-state index contributed by atoms with van der Waals surface area (Å²) in [6, 6.07) is 22.2. The summed E-state index contributed by atoms with van der Waals surface area (Å²) in [7, 11) is 0. The number of nitrogens with one attached hydrogen (secondary N) is 2. The lowest BCUT2D eigenvalue weighted by Gasteiger charge is -2.24. The van der Waals surface area contributed by atoms with Gasteiger partial charge in [0, 0.05) is 18.8 Å². The van der Waals surface area contributed by atoms with E-state index in [4.69, 9.17) is 18.9 Å². The van der Waals surface area contributed by atoms with E-state index >= 15 is 0 Å². The molecule has 1 aliphatic rings. The minimum atomic E-state index is -1.29. The Kier molecular flexibility index (Phi) is 13.0. The van der Waals surface area contributed by atoms with Gasteiger partial charge < -0.3 is 29.6 Å². The number of benzene rings is 3. The Morgan fingerprint density at radius 1 is 0.627 bits per heavy atom. The maximum Gasteiger partial charge on any atom is 0.407 e. The molecule has 0 saturated heterocycles. The molecule has 0 aliphatic heterocycles. The van der Waals surface area contributed by atoms with Crippen LogP contribution in [0.2, 0.25) is 0 Å². The third-order valence-electron chi connectivity index (χ3n) is 7.89. The van der Waals surface area contributed by atoms with Crippen LogP contribution in [-0.4, -0.2) is 59.8 Å². The van der Waals surface area contributed by atoms with Crippen LogP contribution in [0.4, 0.5) is 4.79 Å². The van der Waals surface area contributed by atoms with Crippen LogP contribution in [0.15, 0.2) is 78.9 Å². The summed E-state index contributed by atoms with van der Waals surface area (Å²) < 4.78 is 22.0. The van der Waals surface area contributed by atoms with E-state index in [1.54, 1.807) is 65.8 Å². The van der Waals surface area contributed by atoms with Gasteiger partial charge in [0.05, 0.1) is 0 Å². The number of ether oxygens (including phenoxy) is 4. The van der Waals surface area contributed by atoms with E-state index in [2.05, 4.69) is 10.6 Å². The molecule has 0 spiro atoms. The Hall–Kier alpha value is -5.19. The van der Waals surface area contributed by atoms with E-state index in [0.717, 1.165) is 27.8 Å². The molecule has 0 heterocycles. The molecule has 2 N–H and O–H groups in total. The van der Waals surface area contributed by atoms with Gasteiger partial charge in [-0.3, -0.25) is 14.4 Å². The Morgan fingerprint density at radius 2 is 1.12 bits per heavy atom. The number of hydrogen-bond donors (Lipinski definition) is 2. The van der Waals surface area contributed by atoms with E-state index in [1.165, 1.54) is 0 Å². The van der Waals surface area contributed by atoms with Gasteiger partial charge in [-0.25, -0.2) is 9.59 Å². The number of alkyl carbamates (subject to hydrolysis) is 1. The van der Waals surface area contributed by atoms with Crippen LogP contribution in [0.3, 0.4) is 0 Å². The molecular formula is C40H48N2O9. The Labute approximate surface area is 299 Å². The molecule has 0 fully saturated rings. The van der Waals surface area contributed by atoms with Gasteiger partial charge in [-0.15, -0.1) is 0 Å². The van der Waals surface area contributed by atoms with Crippen LogP contribution in [0.1, 0.15) is 89.8 Å². The summed E-state index contributed by atoms with van der Waals surface area (Å²) in [6.45, 7) is 10.3. The number of carbonyl (C=O) groups is 5. The zero-order chi connectivity index (χ0) is 37.2. The highest BCUT2D eigenvalue weighted by Gasteiger charge is 2.32. The summed E-state index contributed by atoms with van der Waals surface area (Å²) in [5, 5.41) is 5.21. The van der Waals surface area contributed by atoms with Crippen molar-refractivity contribution in [3.8, 4) is 11.1 Å². The fourth-order valence-electron chi connectivity index (χ4n) is 5.71. The molecule has 11 nitrogen and oxygen atoms in total. The summed E-state index contributed by atoms with van der Waals surface area (Å²) in [5.74, 6) is -2.89. The zero-order valence-electron chi connectivity index (χ0n) is 30.2. The quantitative estimate of drug-likeness (QED) is 0.145. The molecule has 51 heavy (non-hydrogen) atoms. The number of rotatable bonds is 14. The third-order valence-corrected chi connectivity index (χ3v) is 7.89. The fraction of sp³-hybridized carbons (Fsp3) is 0.425. The predicted octanol–water partition coefficient (Wildman–Crippen LogP) is 6.37. The lowest BCUT2D eigenvalue weighted by atomic mass is 9.98. The van der Waals surface area contributed by atoms with E-state index in [0.29, 0.717) is 0 Å². The molecule has 0 bridgehead atoms. The number of amides is 2. The van der Waals surface area contributed by atoms with Crippen molar-refractivity contribution in [3.05, 3.63) is 95.6 Å². The van der Waals surface area contributed by atoms with Crippen molar-refractivity contribution in [3.63, 3.8) is 0 Å². The number of carbonyl (C=O) groups excluding carboxylic acids is 5. The molecule has 1 aliphatic carbocycles. The molecule has 3 aromatic rings. The first-order valence-electron chi connectivity index (χ1n) is 17.2. The van der Waals surface area contributed by atoms with Gasteiger partial charge in [-0.1, -0.05) is 78.9 Å². The molecular weight excluding hydrogens is 652 g/mol. The first-order valence-corrected chi connectivity index (χ1v) is 17.2. The Morgan fingerprint density at radius 3 is 1.65 bits per heavy atom. The SMILES string of the molecule is CC(C)(C)OC(=O)CC[C@H](NC(=O)OCC1c2ccccc2-c2ccccc21)C(=O)N[C@@H](CCC(=O)OC(C)(C)C)C(=O)OCc1ccccc1. The number of hydrogen-bond acceptors (Lipinski definition) is 9. The molecule has 0 saturated carbocycles. The molecule has 4 rings (SSSR count). The van der Waals surface area contributed by atoms with E-state index in [9.17, 15) is 24.0 Å². The largest absolute Gasteiger partial charge is 0.460 e. The van der Waals surface area contributed by atoms with E-state index in [-0.39, 0.29) is 44.8 Å². The van der Waals surface area contributed by atoms with Gasteiger partial charge in [0.2, 0.25) is 5.91 Å². The fourth-order valence-corrected chi connectivity index (χ4v) is 5.71. The van der Waals surface area contributed by atoms with Gasteiger partial charge in [0.25, 0.3) is 0 Å². The highest BCUT2D eigenvalue weighted by atomic mass is 16.6. The maximum atomic E-state index is 13.8. The van der Waals surface area contributed by atoms with Crippen molar-refractivity contribution < 1.29 is 42.9 Å². The first-order chi connectivity index (χ1) is 24.1. The molecule has 272 valence electrons. The lowest BCUT2D eigenvalue weighted by Crippen LogP contribution is -2.52. The van der Waals surface area contributed by atoms with Crippen molar-refractivity contribution >= 4 is 29.9 Å². The standard InChI is InChI=1S/C40H48N2O9/c1-39(2,3)50-34(43)22-20-32(42-38(47)49-25-31-29-18-12-10-16-27(29)28-17-11-13-19-30(28)31)36(45)41-33(21-23-35(44)51-40(4,5)6)37(46)48-24-26-14-8-7-9-15-26/h7-19,31-33H,20-25H2,1-6H3,(H,41,45)(H,42,47)/t32-,33-/m0/s1. The second kappa shape index (κ2) is 17.2. The number of fused-ring (bicyclic) bond motifs is 3. The van der Waals surface area contributed by atoms with Crippen molar-refractivity contribution in [2.24, 2.45) is 0 Å². The van der Waals surface area contributed by atoms with Crippen LogP contribution in [0.5, 0.6) is 0 Å². The smallest absolute Gasteiger partial charge is 0.407 e. The third kappa shape index (κ3) is 12.0. The van der Waals surface area contributed by atoms with Gasteiger partial charge >= 0.3 is 24.0 Å². The molecule has 0 radical (unpaired) electrons. The van der Waals surface area contributed by atoms with Gasteiger partial charge in [-0.2, -0.15) is 0 Å². The second-order valence-corrected chi connectivity index (χ2v) is 14.4. The zero-order valence-corrected chi connectivity index (χ0v) is 30.2. The average molecular weight is 701 g/mol. The molecule has 0 aromatic heterocycles. The Balaban J connectivity index is 1.48. The summed E-state index contributed by atoms with van der Waals surface area (Å²) >= 11 is 0. The predicted molar refractivity (Wildman–Crippen MR) is 190 cm³/mol. The van der Waals surface area contributed by atoms with E-state index < -0.39 is 53.2 Å². The van der Waals surface area contributed by atoms with Crippen LogP contribution in [0, 0.1) is 0 Å². The van der Waals surface area contributed by atoms with Crippen LogP contribution in [0.25, 0.3) is 11.1 Å². The molecule has 2 atom stereocenters. The van der Waals surface area contributed by atoms with Gasteiger partial charge in [0.15, 0.2) is 0 Å². The summed E-state index contributed by atoms with van der Waals surface area (Å²) in [4.78, 5) is 65.5. The normalized spacial score (nSPS) is 13.5. The topological polar surface area (TPSA) is 146 Å². The summed E-state index contributed by atoms with van der Waals surface area (Å²) in [5.41, 5.74) is 3.39. The average Bonchev–Trinajstić information content (AvgIpc) is 3.38. The molecule has 0 unspecified atom stereocenters. The van der Waals surface area contributed by atoms with Crippen molar-refractivity contribution in [2.45, 2.75) is 103 Å². The van der Waals surface area contributed by atoms with E-state index in [1.807, 2.05) is 54.6 Å². The number of esters is 3. The minimum absolute atomic E-state index is 0.00455. The van der Waals surface area contributed by atoms with Crippen molar-refractivity contribution in [1.29, 1.82) is 0 Å². The van der Waals surface area contributed by atoms with Gasteiger partial charge in [0.1, 0.15) is 36.5 Å². The molecule has 11 heteroatoms. The monoisotopic (exact) mass is 700 g/mol. The highest BCUT2D eigenvalue weighted by molar-refractivity contribution is 5.90. The first kappa shape index (κ1) is 38.6. The lowest BCUT2D eigenvalue weighted by molar-refractivity contribution is -0.157. The van der Waals surface area contributed by atoms with Crippen LogP contribution in [-0.2, 0) is 44.7 Å². The minimum Gasteiger partial charge on any atom is -0.460 e.